The third-order valence-electron chi connectivity index (χ3n) is 2.84. The number of alkyl halides is 2. The molecule has 0 aliphatic heterocycles. The van der Waals surface area contributed by atoms with Crippen molar-refractivity contribution < 1.29 is 17.9 Å². The molecule has 1 N–H and O–H groups in total. The van der Waals surface area contributed by atoms with Crippen molar-refractivity contribution in [3.63, 3.8) is 0 Å². The van der Waals surface area contributed by atoms with Crippen LogP contribution in [0.5, 0.6) is 5.75 Å². The van der Waals surface area contributed by atoms with Gasteiger partial charge in [0.15, 0.2) is 0 Å². The number of benzene rings is 2. The molecule has 2 rings (SSSR count). The molecule has 2 aromatic rings. The molecule has 0 spiro atoms. The first-order valence-electron chi connectivity index (χ1n) is 6.37. The van der Waals surface area contributed by atoms with Crippen LogP contribution in [0.2, 0.25) is 0 Å². The monoisotopic (exact) mass is 391 g/mol. The summed E-state index contributed by atoms with van der Waals surface area (Å²) >= 11 is 3.62. The molecule has 0 fully saturated rings. The summed E-state index contributed by atoms with van der Waals surface area (Å²) in [6, 6.07) is 11.0. The van der Waals surface area contributed by atoms with E-state index in [4.69, 9.17) is 4.74 Å². The molecule has 0 radical (unpaired) electrons. The van der Waals surface area contributed by atoms with Gasteiger partial charge in [-0.05, 0) is 42.8 Å². The maximum atomic E-state index is 12.9. The van der Waals surface area contributed by atoms with Crippen molar-refractivity contribution in [1.82, 2.24) is 0 Å². The molecule has 118 valence electrons. The highest BCUT2D eigenvalue weighted by atomic mass is 79.9. The Morgan fingerprint density at radius 1 is 1.14 bits per heavy atom. The molecule has 0 saturated carbocycles. The second-order valence-electron chi connectivity index (χ2n) is 4.43. The molecule has 0 heterocycles. The standard InChI is InChI=1S/C15H13BrF3NOS/c1-9(10-2-5-12(17)6-3-10)21-14-8-11(16)4-7-13(14)20-22-15(18)19/h2-9,15,20H,1H3. The molecule has 0 amide bonds. The van der Waals surface area contributed by atoms with E-state index in [1.807, 2.05) is 0 Å². The minimum absolute atomic E-state index is 0.301. The highest BCUT2D eigenvalue weighted by molar-refractivity contribution is 9.10. The summed E-state index contributed by atoms with van der Waals surface area (Å²) < 4.78 is 46.7. The van der Waals surface area contributed by atoms with Gasteiger partial charge in [0.25, 0.3) is 0 Å². The number of hydrogen-bond acceptors (Lipinski definition) is 3. The number of rotatable bonds is 6. The number of hydrogen-bond donors (Lipinski definition) is 1. The molecule has 0 aliphatic carbocycles. The summed E-state index contributed by atoms with van der Waals surface area (Å²) in [5.74, 6) is -2.43. The van der Waals surface area contributed by atoms with Crippen molar-refractivity contribution in [2.45, 2.75) is 18.8 Å². The summed E-state index contributed by atoms with van der Waals surface area (Å²) in [6.45, 7) is 1.80. The van der Waals surface area contributed by atoms with Gasteiger partial charge in [-0.2, -0.15) is 8.78 Å². The molecule has 0 bridgehead atoms. The summed E-state index contributed by atoms with van der Waals surface area (Å²) in [5.41, 5.74) is 1.23. The second kappa shape index (κ2) is 7.78. The molecule has 0 saturated heterocycles. The van der Waals surface area contributed by atoms with E-state index in [1.54, 1.807) is 37.3 Å². The van der Waals surface area contributed by atoms with Crippen molar-refractivity contribution in [3.05, 3.63) is 58.3 Å². The van der Waals surface area contributed by atoms with Gasteiger partial charge in [-0.15, -0.1) is 0 Å². The molecule has 2 nitrogen and oxygen atoms in total. The number of halogens is 4. The zero-order valence-electron chi connectivity index (χ0n) is 11.5. The fourth-order valence-electron chi connectivity index (χ4n) is 1.78. The van der Waals surface area contributed by atoms with E-state index in [2.05, 4.69) is 20.7 Å². The van der Waals surface area contributed by atoms with Crippen LogP contribution in [0.25, 0.3) is 0 Å². The molecule has 22 heavy (non-hydrogen) atoms. The largest absolute Gasteiger partial charge is 0.484 e. The normalized spacial score (nSPS) is 12.3. The third-order valence-corrected chi connectivity index (χ3v) is 3.85. The zero-order chi connectivity index (χ0) is 16.1. The van der Waals surface area contributed by atoms with Crippen molar-refractivity contribution in [1.29, 1.82) is 0 Å². The fourth-order valence-corrected chi connectivity index (χ4v) is 2.50. The lowest BCUT2D eigenvalue weighted by Crippen LogP contribution is -2.05. The Kier molecular flexibility index (Phi) is 6.02. The van der Waals surface area contributed by atoms with Gasteiger partial charge in [-0.25, -0.2) is 4.39 Å². The van der Waals surface area contributed by atoms with Gasteiger partial charge in [0.2, 0.25) is 0 Å². The van der Waals surface area contributed by atoms with Gasteiger partial charge in [-0.3, -0.25) is 0 Å². The van der Waals surface area contributed by atoms with E-state index < -0.39 is 5.76 Å². The topological polar surface area (TPSA) is 21.3 Å². The maximum Gasteiger partial charge on any atom is 0.302 e. The van der Waals surface area contributed by atoms with E-state index in [0.717, 1.165) is 10.0 Å². The van der Waals surface area contributed by atoms with Crippen molar-refractivity contribution >= 4 is 33.6 Å². The van der Waals surface area contributed by atoms with Crippen LogP contribution >= 0.6 is 27.9 Å². The zero-order valence-corrected chi connectivity index (χ0v) is 13.9. The van der Waals surface area contributed by atoms with Crippen LogP contribution in [0.15, 0.2) is 46.9 Å². The smallest absolute Gasteiger partial charge is 0.302 e. The predicted molar refractivity (Wildman–Crippen MR) is 86.8 cm³/mol. The van der Waals surface area contributed by atoms with Crippen molar-refractivity contribution in [2.24, 2.45) is 0 Å². The summed E-state index contributed by atoms with van der Waals surface area (Å²) in [6.07, 6.45) is -0.355. The van der Waals surface area contributed by atoms with Crippen LogP contribution in [0.4, 0.5) is 18.9 Å². The van der Waals surface area contributed by atoms with Crippen molar-refractivity contribution in [3.8, 4) is 5.75 Å². The van der Waals surface area contributed by atoms with Gasteiger partial charge < -0.3 is 9.46 Å². The Morgan fingerprint density at radius 2 is 1.82 bits per heavy atom. The average Bonchev–Trinajstić information content (AvgIpc) is 2.47. The van der Waals surface area contributed by atoms with Crippen LogP contribution in [0.1, 0.15) is 18.6 Å². The van der Waals surface area contributed by atoms with E-state index in [0.29, 0.717) is 23.4 Å². The number of nitrogens with one attached hydrogen (secondary N) is 1. The van der Waals surface area contributed by atoms with Crippen LogP contribution in [0, 0.1) is 5.82 Å². The number of anilines is 1. The van der Waals surface area contributed by atoms with E-state index in [9.17, 15) is 13.2 Å². The summed E-state index contributed by atoms with van der Waals surface area (Å²) in [4.78, 5) is 0. The second-order valence-corrected chi connectivity index (χ2v) is 6.14. The first-order chi connectivity index (χ1) is 10.5. The summed E-state index contributed by atoms with van der Waals surface area (Å²) in [5, 5.41) is 0. The van der Waals surface area contributed by atoms with E-state index in [1.165, 1.54) is 12.1 Å². The van der Waals surface area contributed by atoms with Gasteiger partial charge in [-0.1, -0.05) is 28.1 Å². The first kappa shape index (κ1) is 17.0. The van der Waals surface area contributed by atoms with Gasteiger partial charge in [0.05, 0.1) is 5.69 Å². The molecular weight excluding hydrogens is 379 g/mol. The average molecular weight is 392 g/mol. The molecular formula is C15H13BrF3NOS. The van der Waals surface area contributed by atoms with Crippen LogP contribution < -0.4 is 9.46 Å². The SMILES string of the molecule is CC(Oc1cc(Br)ccc1NSC(F)F)c1ccc(F)cc1. The molecule has 7 heteroatoms. The Balaban J connectivity index is 2.16. The molecule has 0 aliphatic rings. The Hall–Kier alpha value is -1.34. The van der Waals surface area contributed by atoms with E-state index >= 15 is 0 Å². The lowest BCUT2D eigenvalue weighted by Gasteiger charge is -2.18. The highest BCUT2D eigenvalue weighted by Gasteiger charge is 2.13. The van der Waals surface area contributed by atoms with Gasteiger partial charge in [0, 0.05) is 16.4 Å². The Labute approximate surface area is 139 Å². The highest BCUT2D eigenvalue weighted by Crippen LogP contribution is 2.34. The predicted octanol–water partition coefficient (Wildman–Crippen LogP) is 6.01. The first-order valence-corrected chi connectivity index (χ1v) is 8.04. The van der Waals surface area contributed by atoms with Crippen LogP contribution in [-0.2, 0) is 0 Å². The molecule has 1 unspecified atom stereocenters. The molecule has 0 aromatic heterocycles. The lowest BCUT2D eigenvalue weighted by molar-refractivity contribution is 0.228. The van der Waals surface area contributed by atoms with Gasteiger partial charge >= 0.3 is 5.76 Å². The van der Waals surface area contributed by atoms with Crippen LogP contribution in [0.3, 0.4) is 0 Å². The van der Waals surface area contributed by atoms with Gasteiger partial charge in [0.1, 0.15) is 17.7 Å². The quantitative estimate of drug-likeness (QED) is 0.609. The maximum absolute atomic E-state index is 12.9. The fraction of sp³-hybridized carbons (Fsp3) is 0.200. The van der Waals surface area contributed by atoms with E-state index in [-0.39, 0.29) is 11.9 Å². The molecule has 2 aromatic carbocycles. The van der Waals surface area contributed by atoms with Crippen molar-refractivity contribution in [2.75, 3.05) is 4.72 Å². The Bertz CT molecular complexity index is 625. The third kappa shape index (κ3) is 4.84. The lowest BCUT2D eigenvalue weighted by atomic mass is 10.1. The molecule has 1 atom stereocenters. The van der Waals surface area contributed by atoms with Crippen LogP contribution in [-0.4, -0.2) is 5.76 Å². The minimum Gasteiger partial charge on any atom is -0.484 e. The Morgan fingerprint density at radius 3 is 2.45 bits per heavy atom. The number of ether oxygens (including phenoxy) is 1. The summed E-state index contributed by atoms with van der Waals surface area (Å²) in [7, 11) is 0. The minimum atomic E-state index is -2.54.